The van der Waals surface area contributed by atoms with Gasteiger partial charge in [-0.25, -0.2) is 0 Å². The van der Waals surface area contributed by atoms with Crippen molar-refractivity contribution in [1.29, 1.82) is 0 Å². The molecule has 92 valence electrons. The lowest BCUT2D eigenvalue weighted by Gasteiger charge is -2.02. The SMILES string of the molecule is Cc1c(Br)ccc(C#CCOS(C)(=O)=O)c1Cl. The molecular formula is C11H10BrClO3S. The first kappa shape index (κ1) is 14.5. The molecule has 1 aromatic rings. The molecule has 0 unspecified atom stereocenters. The first-order valence-electron chi connectivity index (χ1n) is 4.59. The molecule has 0 N–H and O–H groups in total. The number of hydrogen-bond donors (Lipinski definition) is 0. The van der Waals surface area contributed by atoms with E-state index in [9.17, 15) is 8.42 Å². The van der Waals surface area contributed by atoms with Crippen molar-refractivity contribution in [2.45, 2.75) is 6.92 Å². The van der Waals surface area contributed by atoms with Crippen LogP contribution in [0.4, 0.5) is 0 Å². The van der Waals surface area contributed by atoms with Gasteiger partial charge in [-0.2, -0.15) is 8.42 Å². The van der Waals surface area contributed by atoms with Gasteiger partial charge in [0, 0.05) is 10.0 Å². The van der Waals surface area contributed by atoms with E-state index in [4.69, 9.17) is 11.6 Å². The molecule has 0 spiro atoms. The van der Waals surface area contributed by atoms with Crippen molar-refractivity contribution >= 4 is 37.6 Å². The Hall–Kier alpha value is -0.540. The van der Waals surface area contributed by atoms with E-state index in [1.807, 2.05) is 13.0 Å². The van der Waals surface area contributed by atoms with Crippen LogP contribution in [0.5, 0.6) is 0 Å². The van der Waals surface area contributed by atoms with Crippen LogP contribution in [0.15, 0.2) is 16.6 Å². The van der Waals surface area contributed by atoms with Crippen LogP contribution in [-0.2, 0) is 14.3 Å². The molecule has 1 rings (SSSR count). The minimum Gasteiger partial charge on any atom is -0.257 e. The molecule has 1 aromatic carbocycles. The molecule has 0 heterocycles. The molecule has 0 saturated heterocycles. The summed E-state index contributed by atoms with van der Waals surface area (Å²) >= 11 is 9.43. The maximum absolute atomic E-state index is 10.7. The molecule has 0 fully saturated rings. The molecule has 0 aliphatic heterocycles. The summed E-state index contributed by atoms with van der Waals surface area (Å²) in [6, 6.07) is 3.59. The lowest BCUT2D eigenvalue weighted by Crippen LogP contribution is -2.02. The molecule has 0 bridgehead atoms. The number of hydrogen-bond acceptors (Lipinski definition) is 3. The van der Waals surface area contributed by atoms with E-state index in [0.29, 0.717) is 10.6 Å². The van der Waals surface area contributed by atoms with Gasteiger partial charge in [-0.3, -0.25) is 4.18 Å². The van der Waals surface area contributed by atoms with Gasteiger partial charge in [0.05, 0.1) is 11.3 Å². The third-order valence-electron chi connectivity index (χ3n) is 1.89. The summed E-state index contributed by atoms with van der Waals surface area (Å²) in [5.74, 6) is 5.36. The minimum atomic E-state index is -3.45. The van der Waals surface area contributed by atoms with Crippen LogP contribution in [0.25, 0.3) is 0 Å². The number of benzene rings is 1. The average molecular weight is 338 g/mol. The fraction of sp³-hybridized carbons (Fsp3) is 0.273. The summed E-state index contributed by atoms with van der Waals surface area (Å²) in [5.41, 5.74) is 1.53. The standard InChI is InChI=1S/C11H10BrClO3S/c1-8-10(12)6-5-9(11(8)13)4-3-7-16-17(2,14)15/h5-6H,7H2,1-2H3. The van der Waals surface area contributed by atoms with Gasteiger partial charge in [0.25, 0.3) is 10.1 Å². The Morgan fingerprint density at radius 3 is 2.71 bits per heavy atom. The van der Waals surface area contributed by atoms with Gasteiger partial charge in [-0.05, 0) is 24.6 Å². The van der Waals surface area contributed by atoms with Crippen molar-refractivity contribution in [2.75, 3.05) is 12.9 Å². The van der Waals surface area contributed by atoms with E-state index in [-0.39, 0.29) is 6.61 Å². The van der Waals surface area contributed by atoms with Crippen LogP contribution in [0.1, 0.15) is 11.1 Å². The molecule has 17 heavy (non-hydrogen) atoms. The zero-order chi connectivity index (χ0) is 13.1. The van der Waals surface area contributed by atoms with Crippen molar-refractivity contribution in [3.63, 3.8) is 0 Å². The lowest BCUT2D eigenvalue weighted by molar-refractivity contribution is 0.368. The molecular weight excluding hydrogens is 328 g/mol. The monoisotopic (exact) mass is 336 g/mol. The van der Waals surface area contributed by atoms with Gasteiger partial charge in [-0.1, -0.05) is 39.4 Å². The number of halogens is 2. The first-order chi connectivity index (χ1) is 7.81. The third-order valence-corrected chi connectivity index (χ3v) is 3.78. The van der Waals surface area contributed by atoms with E-state index in [1.165, 1.54) is 0 Å². The summed E-state index contributed by atoms with van der Waals surface area (Å²) < 4.78 is 26.8. The Kier molecular flexibility index (Phi) is 5.02. The highest BCUT2D eigenvalue weighted by Gasteiger charge is 2.04. The normalized spacial score (nSPS) is 10.8. The fourth-order valence-electron chi connectivity index (χ4n) is 1.03. The van der Waals surface area contributed by atoms with Crippen LogP contribution >= 0.6 is 27.5 Å². The maximum atomic E-state index is 10.7. The predicted molar refractivity (Wildman–Crippen MR) is 71.6 cm³/mol. The van der Waals surface area contributed by atoms with E-state index in [0.717, 1.165) is 16.3 Å². The molecule has 3 nitrogen and oxygen atoms in total. The predicted octanol–water partition coefficient (Wildman–Crippen LogP) is 2.74. The summed E-state index contributed by atoms with van der Waals surface area (Å²) in [5, 5.41) is 0.547. The van der Waals surface area contributed by atoms with Crippen LogP contribution in [0.3, 0.4) is 0 Å². The van der Waals surface area contributed by atoms with Crippen molar-refractivity contribution < 1.29 is 12.6 Å². The van der Waals surface area contributed by atoms with E-state index in [2.05, 4.69) is 32.0 Å². The van der Waals surface area contributed by atoms with Crippen LogP contribution < -0.4 is 0 Å². The molecule has 0 radical (unpaired) electrons. The highest BCUT2D eigenvalue weighted by atomic mass is 79.9. The van der Waals surface area contributed by atoms with Crippen molar-refractivity contribution in [1.82, 2.24) is 0 Å². The zero-order valence-corrected chi connectivity index (χ0v) is 12.4. The third kappa shape index (κ3) is 4.68. The Bertz CT molecular complexity index is 585. The topological polar surface area (TPSA) is 43.4 Å². The molecule has 0 atom stereocenters. The van der Waals surface area contributed by atoms with E-state index in [1.54, 1.807) is 6.07 Å². The number of rotatable bonds is 2. The van der Waals surface area contributed by atoms with Crippen LogP contribution in [-0.4, -0.2) is 21.3 Å². The van der Waals surface area contributed by atoms with Gasteiger partial charge in [0.1, 0.15) is 6.61 Å². The van der Waals surface area contributed by atoms with Gasteiger partial charge in [-0.15, -0.1) is 0 Å². The molecule has 0 aromatic heterocycles. The summed E-state index contributed by atoms with van der Waals surface area (Å²) in [6.45, 7) is 1.69. The fourth-order valence-corrected chi connectivity index (χ4v) is 1.96. The van der Waals surface area contributed by atoms with Gasteiger partial charge >= 0.3 is 0 Å². The smallest absolute Gasteiger partial charge is 0.257 e. The van der Waals surface area contributed by atoms with Crippen LogP contribution in [0.2, 0.25) is 5.02 Å². The average Bonchev–Trinajstić information content (AvgIpc) is 2.22. The Balaban J connectivity index is 2.83. The second-order valence-corrected chi connectivity index (χ2v) is 6.18. The van der Waals surface area contributed by atoms with Gasteiger partial charge < -0.3 is 0 Å². The Labute approximate surface area is 114 Å². The summed E-state index contributed by atoms with van der Waals surface area (Å²) in [4.78, 5) is 0. The first-order valence-corrected chi connectivity index (χ1v) is 7.58. The minimum absolute atomic E-state index is 0.176. The van der Waals surface area contributed by atoms with E-state index >= 15 is 0 Å². The van der Waals surface area contributed by atoms with Crippen molar-refractivity contribution in [3.05, 3.63) is 32.8 Å². The molecule has 0 aliphatic carbocycles. The van der Waals surface area contributed by atoms with Crippen molar-refractivity contribution in [3.8, 4) is 11.8 Å². The highest BCUT2D eigenvalue weighted by molar-refractivity contribution is 9.10. The summed E-state index contributed by atoms with van der Waals surface area (Å²) in [7, 11) is -3.45. The van der Waals surface area contributed by atoms with Gasteiger partial charge in [0.15, 0.2) is 0 Å². The molecule has 0 amide bonds. The second-order valence-electron chi connectivity index (χ2n) is 3.30. The zero-order valence-electron chi connectivity index (χ0n) is 9.25. The van der Waals surface area contributed by atoms with Crippen molar-refractivity contribution in [2.24, 2.45) is 0 Å². The lowest BCUT2D eigenvalue weighted by atomic mass is 10.1. The second kappa shape index (κ2) is 5.87. The van der Waals surface area contributed by atoms with Crippen LogP contribution in [0, 0.1) is 18.8 Å². The van der Waals surface area contributed by atoms with Gasteiger partial charge in [0.2, 0.25) is 0 Å². The Morgan fingerprint density at radius 2 is 2.12 bits per heavy atom. The molecule has 0 aliphatic rings. The largest absolute Gasteiger partial charge is 0.265 e. The molecule has 0 saturated carbocycles. The highest BCUT2D eigenvalue weighted by Crippen LogP contribution is 2.26. The maximum Gasteiger partial charge on any atom is 0.265 e. The summed E-state index contributed by atoms with van der Waals surface area (Å²) in [6.07, 6.45) is 0.978. The molecule has 6 heteroatoms. The van der Waals surface area contributed by atoms with E-state index < -0.39 is 10.1 Å². The Morgan fingerprint density at radius 1 is 1.47 bits per heavy atom. The quantitative estimate of drug-likeness (QED) is 0.615.